The predicted molar refractivity (Wildman–Crippen MR) is 122 cm³/mol. The molecule has 0 atom stereocenters. The smallest absolute Gasteiger partial charge is 0.132 e. The monoisotopic (exact) mass is 436 g/mol. The van der Waals surface area contributed by atoms with Crippen LogP contribution in [0.4, 0.5) is 10.2 Å². The number of phenols is 1. The van der Waals surface area contributed by atoms with Crippen LogP contribution in [0.15, 0.2) is 67.3 Å². The van der Waals surface area contributed by atoms with Gasteiger partial charge in [-0.15, -0.1) is 0 Å². The van der Waals surface area contributed by atoms with E-state index in [9.17, 15) is 9.50 Å². The number of rotatable bonds is 7. The van der Waals surface area contributed by atoms with E-state index in [4.69, 9.17) is 11.6 Å². The van der Waals surface area contributed by atoms with Gasteiger partial charge in [-0.05, 0) is 55.3 Å². The number of aryl methyl sites for hydroxylation is 2. The van der Waals surface area contributed by atoms with Crippen LogP contribution in [0.25, 0.3) is 22.4 Å². The number of benzene rings is 2. The second-order valence-electron chi connectivity index (χ2n) is 7.32. The average Bonchev–Trinajstić information content (AvgIpc) is 3.26. The van der Waals surface area contributed by atoms with E-state index >= 15 is 0 Å². The van der Waals surface area contributed by atoms with Crippen molar-refractivity contribution in [1.29, 1.82) is 0 Å². The fourth-order valence-electron chi connectivity index (χ4n) is 3.43. The van der Waals surface area contributed by atoms with Crippen LogP contribution in [0.1, 0.15) is 12.0 Å². The third kappa shape index (κ3) is 4.86. The average molecular weight is 437 g/mol. The number of hydrogen-bond acceptors (Lipinski definition) is 4. The molecule has 0 saturated carbocycles. The number of aromatic hydroxyl groups is 1. The molecule has 0 aliphatic carbocycles. The Morgan fingerprint density at radius 1 is 1.16 bits per heavy atom. The second-order valence-corrected chi connectivity index (χ2v) is 7.73. The summed E-state index contributed by atoms with van der Waals surface area (Å²) in [7, 11) is 0. The molecule has 0 fully saturated rings. The highest BCUT2D eigenvalue weighted by atomic mass is 35.5. The van der Waals surface area contributed by atoms with E-state index < -0.39 is 5.82 Å². The number of pyridine rings is 1. The van der Waals surface area contributed by atoms with Gasteiger partial charge in [-0.3, -0.25) is 0 Å². The third-order valence-corrected chi connectivity index (χ3v) is 5.28. The van der Waals surface area contributed by atoms with Crippen LogP contribution in [0.3, 0.4) is 0 Å². The zero-order chi connectivity index (χ0) is 21.8. The first kappa shape index (κ1) is 20.9. The second kappa shape index (κ2) is 9.18. The summed E-state index contributed by atoms with van der Waals surface area (Å²) >= 11 is 6.32. The number of hydrogen-bond donors (Lipinski definition) is 2. The molecular formula is C24H22ClFN4O. The molecule has 4 aromatic rings. The summed E-state index contributed by atoms with van der Waals surface area (Å²) < 4.78 is 16.6. The van der Waals surface area contributed by atoms with Gasteiger partial charge in [0, 0.05) is 36.6 Å². The van der Waals surface area contributed by atoms with E-state index in [1.165, 1.54) is 6.07 Å². The van der Waals surface area contributed by atoms with Crippen molar-refractivity contribution in [1.82, 2.24) is 14.5 Å². The third-order valence-electron chi connectivity index (χ3n) is 4.96. The summed E-state index contributed by atoms with van der Waals surface area (Å²) in [6.07, 6.45) is 6.29. The topological polar surface area (TPSA) is 63.0 Å². The van der Waals surface area contributed by atoms with Crippen LogP contribution >= 0.6 is 11.6 Å². The summed E-state index contributed by atoms with van der Waals surface area (Å²) in [5, 5.41) is 14.0. The van der Waals surface area contributed by atoms with Crippen molar-refractivity contribution >= 4 is 17.4 Å². The lowest BCUT2D eigenvalue weighted by atomic mass is 10.0. The summed E-state index contributed by atoms with van der Waals surface area (Å²) in [6, 6.07) is 13.4. The summed E-state index contributed by atoms with van der Waals surface area (Å²) in [6.45, 7) is 3.42. The molecule has 31 heavy (non-hydrogen) atoms. The molecule has 5 nitrogen and oxygen atoms in total. The molecule has 2 aromatic heterocycles. The van der Waals surface area contributed by atoms with E-state index in [1.807, 2.05) is 29.8 Å². The number of nitrogens with zero attached hydrogens (tertiary/aromatic N) is 3. The first-order valence-corrected chi connectivity index (χ1v) is 10.3. The van der Waals surface area contributed by atoms with Gasteiger partial charge >= 0.3 is 0 Å². The Labute approximate surface area is 185 Å². The zero-order valence-corrected chi connectivity index (χ0v) is 17.8. The molecule has 0 spiro atoms. The molecule has 0 saturated heterocycles. The van der Waals surface area contributed by atoms with Gasteiger partial charge < -0.3 is 15.0 Å². The Morgan fingerprint density at radius 2 is 2.03 bits per heavy atom. The number of phenolic OH excluding ortho intramolecular Hbond substituents is 1. The van der Waals surface area contributed by atoms with Crippen molar-refractivity contribution in [3.63, 3.8) is 0 Å². The quantitative estimate of drug-likeness (QED) is 0.353. The Hall–Kier alpha value is -3.38. The minimum atomic E-state index is -0.413. The maximum Gasteiger partial charge on any atom is 0.132 e. The first-order valence-electron chi connectivity index (χ1n) is 9.97. The minimum Gasteiger partial charge on any atom is -0.507 e. The van der Waals surface area contributed by atoms with Gasteiger partial charge in [0.25, 0.3) is 0 Å². The SMILES string of the molecule is Cc1ccc(O)c(-c2cc(-c3c(F)cccc3Cl)cc(NCCCn3ccnc3)n2)c1. The maximum atomic E-state index is 14.6. The number of imidazole rings is 1. The maximum absolute atomic E-state index is 14.6. The van der Waals surface area contributed by atoms with E-state index in [-0.39, 0.29) is 5.75 Å². The highest BCUT2D eigenvalue weighted by Gasteiger charge is 2.15. The predicted octanol–water partition coefficient (Wildman–Crippen LogP) is 5.92. The van der Waals surface area contributed by atoms with Crippen molar-refractivity contribution < 1.29 is 9.50 Å². The van der Waals surface area contributed by atoms with Crippen LogP contribution in [-0.4, -0.2) is 26.2 Å². The Morgan fingerprint density at radius 3 is 2.81 bits per heavy atom. The lowest BCUT2D eigenvalue weighted by Crippen LogP contribution is -2.07. The highest BCUT2D eigenvalue weighted by molar-refractivity contribution is 6.33. The molecule has 2 aromatic carbocycles. The number of halogens is 2. The van der Waals surface area contributed by atoms with Crippen LogP contribution in [0.2, 0.25) is 5.02 Å². The molecule has 0 unspecified atom stereocenters. The Bertz CT molecular complexity index is 1170. The summed E-state index contributed by atoms with van der Waals surface area (Å²) in [4.78, 5) is 8.71. The molecule has 0 aliphatic rings. The van der Waals surface area contributed by atoms with Gasteiger partial charge in [0.15, 0.2) is 0 Å². The van der Waals surface area contributed by atoms with Crippen molar-refractivity contribution in [3.05, 3.63) is 83.7 Å². The first-order chi connectivity index (χ1) is 15.0. The van der Waals surface area contributed by atoms with E-state index in [2.05, 4.69) is 15.3 Å². The lowest BCUT2D eigenvalue weighted by molar-refractivity contribution is 0.477. The molecule has 0 radical (unpaired) electrons. The Balaban J connectivity index is 1.69. The minimum absolute atomic E-state index is 0.112. The van der Waals surface area contributed by atoms with Gasteiger partial charge in [-0.25, -0.2) is 14.4 Å². The van der Waals surface area contributed by atoms with E-state index in [1.54, 1.807) is 42.9 Å². The lowest BCUT2D eigenvalue weighted by Gasteiger charge is -2.14. The van der Waals surface area contributed by atoms with Gasteiger partial charge in [0.2, 0.25) is 0 Å². The fraction of sp³-hybridized carbons (Fsp3) is 0.167. The van der Waals surface area contributed by atoms with Crippen LogP contribution in [0, 0.1) is 12.7 Å². The molecule has 4 rings (SSSR count). The van der Waals surface area contributed by atoms with Crippen LogP contribution < -0.4 is 5.32 Å². The standard InChI is InChI=1S/C24H22ClFN4O/c1-16-6-7-22(31)18(12-16)21-13-17(24-19(25)4-2-5-20(24)26)14-23(29-21)28-8-3-10-30-11-9-27-15-30/h2,4-7,9,11-15,31H,3,8,10H2,1H3,(H,28,29). The van der Waals surface area contributed by atoms with Gasteiger partial charge in [0.05, 0.1) is 17.0 Å². The largest absolute Gasteiger partial charge is 0.507 e. The number of aromatic nitrogens is 3. The van der Waals surface area contributed by atoms with Crippen molar-refractivity contribution in [2.24, 2.45) is 0 Å². The number of nitrogens with one attached hydrogen (secondary N) is 1. The zero-order valence-electron chi connectivity index (χ0n) is 17.0. The molecular weight excluding hydrogens is 415 g/mol. The molecule has 2 heterocycles. The molecule has 158 valence electrons. The Kier molecular flexibility index (Phi) is 6.18. The molecule has 0 amide bonds. The van der Waals surface area contributed by atoms with E-state index in [0.717, 1.165) is 18.5 Å². The molecule has 2 N–H and O–H groups in total. The van der Waals surface area contributed by atoms with E-state index in [0.29, 0.717) is 39.8 Å². The normalized spacial score (nSPS) is 10.9. The van der Waals surface area contributed by atoms with Crippen molar-refractivity contribution in [2.75, 3.05) is 11.9 Å². The highest BCUT2D eigenvalue weighted by Crippen LogP contribution is 2.36. The summed E-state index contributed by atoms with van der Waals surface area (Å²) in [5.41, 5.74) is 3.00. The van der Waals surface area contributed by atoms with Crippen LogP contribution in [-0.2, 0) is 6.54 Å². The molecule has 0 bridgehead atoms. The van der Waals surface area contributed by atoms with Crippen molar-refractivity contribution in [3.8, 4) is 28.1 Å². The number of anilines is 1. The van der Waals surface area contributed by atoms with Crippen LogP contribution in [0.5, 0.6) is 5.75 Å². The van der Waals surface area contributed by atoms with Gasteiger partial charge in [0.1, 0.15) is 17.4 Å². The van der Waals surface area contributed by atoms with Gasteiger partial charge in [-0.2, -0.15) is 0 Å². The fourth-order valence-corrected chi connectivity index (χ4v) is 3.70. The summed E-state index contributed by atoms with van der Waals surface area (Å²) in [5.74, 6) is 0.281. The van der Waals surface area contributed by atoms with Crippen molar-refractivity contribution in [2.45, 2.75) is 19.9 Å². The molecule has 0 aliphatic heterocycles. The molecule has 7 heteroatoms. The van der Waals surface area contributed by atoms with Gasteiger partial charge in [-0.1, -0.05) is 29.3 Å².